The number of likely N-dealkylation sites (tertiary alicyclic amines) is 1. The minimum absolute atomic E-state index is 0.0956. The van der Waals surface area contributed by atoms with Crippen molar-refractivity contribution < 1.29 is 0 Å². The second-order valence-electron chi connectivity index (χ2n) is 4.36. The molecule has 0 aromatic carbocycles. The van der Waals surface area contributed by atoms with Crippen LogP contribution in [0.25, 0.3) is 0 Å². The summed E-state index contributed by atoms with van der Waals surface area (Å²) in [5.74, 6) is 0. The van der Waals surface area contributed by atoms with Crippen LogP contribution in [0.4, 0.5) is 0 Å². The molecule has 3 nitrogen and oxygen atoms in total. The first-order chi connectivity index (χ1) is 7.70. The van der Waals surface area contributed by atoms with Crippen LogP contribution >= 0.6 is 11.3 Å². The summed E-state index contributed by atoms with van der Waals surface area (Å²) in [5, 5.41) is 10.2. The number of aryl methyl sites for hydroxylation is 2. The first kappa shape index (κ1) is 11.6. The molecule has 86 valence electrons. The zero-order chi connectivity index (χ0) is 11.5. The van der Waals surface area contributed by atoms with Gasteiger partial charge in [-0.15, -0.1) is 11.3 Å². The summed E-state index contributed by atoms with van der Waals surface area (Å²) < 4.78 is 0. The molecule has 4 heteroatoms. The van der Waals surface area contributed by atoms with Crippen molar-refractivity contribution in [1.82, 2.24) is 9.88 Å². The molecule has 0 radical (unpaired) electrons. The van der Waals surface area contributed by atoms with E-state index in [1.165, 1.54) is 17.7 Å². The molecule has 0 N–H and O–H groups in total. The molecule has 0 bridgehead atoms. The second-order valence-corrected chi connectivity index (χ2v) is 5.65. The molecule has 1 unspecified atom stereocenters. The average molecular weight is 235 g/mol. The Kier molecular flexibility index (Phi) is 3.57. The van der Waals surface area contributed by atoms with Gasteiger partial charge in [-0.2, -0.15) is 5.26 Å². The highest BCUT2D eigenvalue weighted by Gasteiger charge is 2.22. The highest BCUT2D eigenvalue weighted by atomic mass is 32.1. The van der Waals surface area contributed by atoms with Gasteiger partial charge in [0.05, 0.1) is 24.3 Å². The van der Waals surface area contributed by atoms with E-state index in [-0.39, 0.29) is 6.04 Å². The fraction of sp³-hybridized carbons (Fsp3) is 0.667. The van der Waals surface area contributed by atoms with Gasteiger partial charge in [0.25, 0.3) is 0 Å². The summed E-state index contributed by atoms with van der Waals surface area (Å²) in [6.07, 6.45) is 3.41. The normalized spacial score (nSPS) is 21.9. The Morgan fingerprint density at radius 1 is 1.50 bits per heavy atom. The van der Waals surface area contributed by atoms with Crippen LogP contribution in [0.2, 0.25) is 0 Å². The van der Waals surface area contributed by atoms with Crippen molar-refractivity contribution in [1.29, 1.82) is 5.26 Å². The summed E-state index contributed by atoms with van der Waals surface area (Å²) in [6.45, 7) is 6.04. The predicted octanol–water partition coefficient (Wildman–Crippen LogP) is 2.64. The minimum atomic E-state index is 0.0956. The topological polar surface area (TPSA) is 39.9 Å². The fourth-order valence-electron chi connectivity index (χ4n) is 2.11. The molecule has 2 rings (SSSR count). The largest absolute Gasteiger partial charge is 0.281 e. The Morgan fingerprint density at radius 2 is 2.31 bits per heavy atom. The van der Waals surface area contributed by atoms with Crippen molar-refractivity contribution in [3.05, 3.63) is 15.6 Å². The highest BCUT2D eigenvalue weighted by Crippen LogP contribution is 2.22. The Balaban J connectivity index is 2.05. The van der Waals surface area contributed by atoms with E-state index in [4.69, 9.17) is 5.26 Å². The number of nitrogens with zero attached hydrogens (tertiary/aromatic N) is 3. The zero-order valence-corrected chi connectivity index (χ0v) is 10.7. The van der Waals surface area contributed by atoms with Crippen LogP contribution in [0.15, 0.2) is 0 Å². The van der Waals surface area contributed by atoms with Gasteiger partial charge in [-0.3, -0.25) is 4.90 Å². The standard InChI is InChI=1S/C12H17N3S/c1-9-10(2)16-12(14-9)8-15-6-4-3-5-11(15)7-13/h11H,3-6,8H2,1-2H3. The SMILES string of the molecule is Cc1nc(CN2CCCCC2C#N)sc1C. The maximum Gasteiger partial charge on any atom is 0.107 e. The van der Waals surface area contributed by atoms with E-state index in [1.54, 1.807) is 11.3 Å². The lowest BCUT2D eigenvalue weighted by atomic mass is 10.0. The highest BCUT2D eigenvalue weighted by molar-refractivity contribution is 7.11. The molecule has 1 aromatic heterocycles. The lowest BCUT2D eigenvalue weighted by Gasteiger charge is -2.30. The van der Waals surface area contributed by atoms with Crippen LogP contribution in [0.3, 0.4) is 0 Å². The van der Waals surface area contributed by atoms with Gasteiger partial charge in [0, 0.05) is 4.88 Å². The Labute approximate surface area is 101 Å². The van der Waals surface area contributed by atoms with Gasteiger partial charge in [0.15, 0.2) is 0 Å². The van der Waals surface area contributed by atoms with E-state index >= 15 is 0 Å². The van der Waals surface area contributed by atoms with Crippen LogP contribution in [0.1, 0.15) is 34.8 Å². The van der Waals surface area contributed by atoms with Crippen molar-refractivity contribution in [2.75, 3.05) is 6.54 Å². The summed E-state index contributed by atoms with van der Waals surface area (Å²) in [4.78, 5) is 8.10. The predicted molar refractivity (Wildman–Crippen MR) is 65.3 cm³/mol. The molecule has 1 aromatic rings. The maximum absolute atomic E-state index is 9.09. The first-order valence-corrected chi connectivity index (χ1v) is 6.59. The van der Waals surface area contributed by atoms with Crippen LogP contribution in [-0.2, 0) is 6.54 Å². The minimum Gasteiger partial charge on any atom is -0.281 e. The van der Waals surface area contributed by atoms with Gasteiger partial charge in [0.2, 0.25) is 0 Å². The molecule has 16 heavy (non-hydrogen) atoms. The lowest BCUT2D eigenvalue weighted by molar-refractivity contribution is 0.176. The van der Waals surface area contributed by atoms with Crippen molar-refractivity contribution in [2.45, 2.75) is 45.7 Å². The lowest BCUT2D eigenvalue weighted by Crippen LogP contribution is -2.37. The number of thiazole rings is 1. The Bertz CT molecular complexity index is 385. The fourth-order valence-corrected chi connectivity index (χ4v) is 3.07. The van der Waals surface area contributed by atoms with Gasteiger partial charge in [-0.25, -0.2) is 4.98 Å². The number of piperidine rings is 1. The molecule has 2 heterocycles. The monoisotopic (exact) mass is 235 g/mol. The van der Waals surface area contributed by atoms with Crippen LogP contribution < -0.4 is 0 Å². The third-order valence-electron chi connectivity index (χ3n) is 3.17. The number of rotatable bonds is 2. The van der Waals surface area contributed by atoms with Gasteiger partial charge in [-0.1, -0.05) is 0 Å². The van der Waals surface area contributed by atoms with Crippen molar-refractivity contribution in [2.24, 2.45) is 0 Å². The van der Waals surface area contributed by atoms with Crippen molar-refractivity contribution in [3.8, 4) is 6.07 Å². The third kappa shape index (κ3) is 2.42. The summed E-state index contributed by atoms with van der Waals surface area (Å²) in [6, 6.07) is 2.49. The average Bonchev–Trinajstić information content (AvgIpc) is 2.59. The van der Waals surface area contributed by atoms with E-state index in [1.807, 2.05) is 6.92 Å². The number of hydrogen-bond acceptors (Lipinski definition) is 4. The van der Waals surface area contributed by atoms with Gasteiger partial charge in [-0.05, 0) is 39.7 Å². The van der Waals surface area contributed by atoms with E-state index in [2.05, 4.69) is 22.9 Å². The van der Waals surface area contributed by atoms with E-state index in [9.17, 15) is 0 Å². The molecule has 1 aliphatic rings. The molecule has 1 atom stereocenters. The van der Waals surface area contributed by atoms with Crippen molar-refractivity contribution in [3.63, 3.8) is 0 Å². The second kappa shape index (κ2) is 4.94. The third-order valence-corrected chi connectivity index (χ3v) is 4.23. The Morgan fingerprint density at radius 3 is 2.94 bits per heavy atom. The molecule has 1 aliphatic heterocycles. The quantitative estimate of drug-likeness (QED) is 0.791. The number of nitriles is 1. The summed E-state index contributed by atoms with van der Waals surface area (Å²) >= 11 is 1.76. The van der Waals surface area contributed by atoms with Gasteiger partial charge >= 0.3 is 0 Å². The van der Waals surface area contributed by atoms with E-state index in [0.717, 1.165) is 30.2 Å². The molecule has 1 fully saturated rings. The molecule has 1 saturated heterocycles. The van der Waals surface area contributed by atoms with E-state index < -0.39 is 0 Å². The molecule has 0 saturated carbocycles. The van der Waals surface area contributed by atoms with Gasteiger partial charge < -0.3 is 0 Å². The van der Waals surface area contributed by atoms with Crippen LogP contribution in [0.5, 0.6) is 0 Å². The molecular weight excluding hydrogens is 218 g/mol. The molecule has 0 amide bonds. The summed E-state index contributed by atoms with van der Waals surface area (Å²) in [7, 11) is 0. The van der Waals surface area contributed by atoms with Crippen LogP contribution in [0, 0.1) is 25.2 Å². The molecular formula is C12H17N3S. The van der Waals surface area contributed by atoms with Crippen LogP contribution in [-0.4, -0.2) is 22.5 Å². The smallest absolute Gasteiger partial charge is 0.107 e. The number of hydrogen-bond donors (Lipinski definition) is 0. The molecule has 0 spiro atoms. The maximum atomic E-state index is 9.09. The zero-order valence-electron chi connectivity index (χ0n) is 9.86. The number of aromatic nitrogens is 1. The van der Waals surface area contributed by atoms with E-state index in [0.29, 0.717) is 0 Å². The van der Waals surface area contributed by atoms with Gasteiger partial charge in [0.1, 0.15) is 5.01 Å². The Hall–Kier alpha value is -0.920. The van der Waals surface area contributed by atoms with Crippen molar-refractivity contribution >= 4 is 11.3 Å². The molecule has 0 aliphatic carbocycles. The first-order valence-electron chi connectivity index (χ1n) is 5.77. The summed E-state index contributed by atoms with van der Waals surface area (Å²) in [5.41, 5.74) is 1.13.